The van der Waals surface area contributed by atoms with E-state index in [2.05, 4.69) is 9.97 Å². The van der Waals surface area contributed by atoms with Gasteiger partial charge in [-0.2, -0.15) is 0 Å². The number of halogens is 2. The van der Waals surface area contributed by atoms with E-state index in [0.717, 1.165) is 5.56 Å². The van der Waals surface area contributed by atoms with E-state index in [-0.39, 0.29) is 5.91 Å². The van der Waals surface area contributed by atoms with Crippen molar-refractivity contribution in [2.24, 2.45) is 5.73 Å². The van der Waals surface area contributed by atoms with Crippen molar-refractivity contribution in [3.63, 3.8) is 0 Å². The number of rotatable bonds is 4. The van der Waals surface area contributed by atoms with E-state index in [1.165, 1.54) is 11.2 Å². The Morgan fingerprint density at radius 2 is 2.00 bits per heavy atom. The van der Waals surface area contributed by atoms with E-state index in [4.69, 9.17) is 28.9 Å². The quantitative estimate of drug-likeness (QED) is 0.937. The summed E-state index contributed by atoms with van der Waals surface area (Å²) >= 11 is 11.9. The molecule has 1 aromatic carbocycles. The van der Waals surface area contributed by atoms with Crippen LogP contribution in [0.2, 0.25) is 10.0 Å². The summed E-state index contributed by atoms with van der Waals surface area (Å²) < 4.78 is 0. The minimum Gasteiger partial charge on any atom is -0.339 e. The molecule has 0 saturated heterocycles. The number of hydrogen-bond acceptors (Lipinski definition) is 4. The third-order valence-electron chi connectivity index (χ3n) is 2.91. The van der Waals surface area contributed by atoms with Crippen molar-refractivity contribution in [1.82, 2.24) is 14.9 Å². The number of likely N-dealkylation sites (N-methyl/N-ethyl adjacent to an activating group) is 1. The van der Waals surface area contributed by atoms with E-state index in [1.54, 1.807) is 31.3 Å². The lowest BCUT2D eigenvalue weighted by atomic mass is 10.1. The highest BCUT2D eigenvalue weighted by atomic mass is 35.5. The Bertz CT molecular complexity index is 663. The number of hydrogen-bond donors (Lipinski definition) is 1. The second-order valence-electron chi connectivity index (χ2n) is 4.43. The molecule has 0 bridgehead atoms. The average molecular weight is 325 g/mol. The van der Waals surface area contributed by atoms with Gasteiger partial charge in [-0.15, -0.1) is 0 Å². The maximum atomic E-state index is 12.2. The predicted octanol–water partition coefficient (Wildman–Crippen LogP) is 2.48. The van der Waals surface area contributed by atoms with E-state index < -0.39 is 0 Å². The summed E-state index contributed by atoms with van der Waals surface area (Å²) in [6, 6.07) is 6.79. The Hall–Kier alpha value is -1.69. The Morgan fingerprint density at radius 3 is 2.67 bits per heavy atom. The fourth-order valence-electron chi connectivity index (χ4n) is 1.78. The van der Waals surface area contributed by atoms with Gasteiger partial charge in [0.25, 0.3) is 5.91 Å². The number of carbonyl (C=O) groups excluding carboxylic acids is 1. The van der Waals surface area contributed by atoms with E-state index >= 15 is 0 Å². The fraction of sp³-hybridized carbons (Fsp3) is 0.214. The molecule has 0 aliphatic carbocycles. The van der Waals surface area contributed by atoms with Gasteiger partial charge in [0.05, 0.1) is 15.7 Å². The summed E-state index contributed by atoms with van der Waals surface area (Å²) in [4.78, 5) is 21.9. The lowest BCUT2D eigenvalue weighted by Gasteiger charge is -2.15. The normalized spacial score (nSPS) is 10.5. The Morgan fingerprint density at radius 1 is 1.24 bits per heavy atom. The van der Waals surface area contributed by atoms with Gasteiger partial charge in [-0.25, -0.2) is 9.97 Å². The van der Waals surface area contributed by atoms with Gasteiger partial charge in [0.15, 0.2) is 0 Å². The molecule has 5 nitrogen and oxygen atoms in total. The molecule has 2 N–H and O–H groups in total. The molecule has 1 aromatic heterocycles. The van der Waals surface area contributed by atoms with E-state index in [1.807, 2.05) is 0 Å². The first-order valence-corrected chi connectivity index (χ1v) is 7.01. The number of amides is 1. The summed E-state index contributed by atoms with van der Waals surface area (Å²) in [5, 5.41) is 0.898. The maximum absolute atomic E-state index is 12.2. The van der Waals surface area contributed by atoms with Gasteiger partial charge in [0.2, 0.25) is 0 Å². The van der Waals surface area contributed by atoms with Gasteiger partial charge < -0.3 is 10.6 Å². The molecule has 1 amide bonds. The summed E-state index contributed by atoms with van der Waals surface area (Å²) in [5.41, 5.74) is 7.12. The van der Waals surface area contributed by atoms with Crippen molar-refractivity contribution in [3.8, 4) is 11.3 Å². The minimum absolute atomic E-state index is 0.204. The first-order chi connectivity index (χ1) is 10.0. The Kier molecular flexibility index (Phi) is 5.12. The molecule has 2 rings (SSSR count). The van der Waals surface area contributed by atoms with Crippen LogP contribution in [0.4, 0.5) is 0 Å². The van der Waals surface area contributed by atoms with Crippen LogP contribution in [-0.2, 0) is 0 Å². The summed E-state index contributed by atoms with van der Waals surface area (Å²) in [5.74, 6) is -0.204. The van der Waals surface area contributed by atoms with Crippen LogP contribution in [0.5, 0.6) is 0 Å². The molecule has 110 valence electrons. The highest BCUT2D eigenvalue weighted by Crippen LogP contribution is 2.27. The number of benzene rings is 1. The van der Waals surface area contributed by atoms with Crippen molar-refractivity contribution < 1.29 is 4.79 Å². The standard InChI is InChI=1S/C14H14Cl2N4O/c1-20(5-4-17)14(21)13-7-12(18-8-19-13)9-2-3-10(15)11(16)6-9/h2-3,6-8H,4-5,17H2,1H3. The van der Waals surface area contributed by atoms with Gasteiger partial charge in [-0.1, -0.05) is 29.3 Å². The van der Waals surface area contributed by atoms with Crippen LogP contribution in [-0.4, -0.2) is 40.9 Å². The maximum Gasteiger partial charge on any atom is 0.272 e. The van der Waals surface area contributed by atoms with Gasteiger partial charge >= 0.3 is 0 Å². The second kappa shape index (κ2) is 6.85. The molecule has 1 heterocycles. The third kappa shape index (κ3) is 3.69. The van der Waals surface area contributed by atoms with Crippen LogP contribution in [0.15, 0.2) is 30.6 Å². The van der Waals surface area contributed by atoms with E-state index in [9.17, 15) is 4.79 Å². The number of nitrogens with two attached hydrogens (primary N) is 1. The van der Waals surface area contributed by atoms with Gasteiger partial charge in [0, 0.05) is 25.7 Å². The zero-order chi connectivity index (χ0) is 15.4. The van der Waals surface area contributed by atoms with Crippen LogP contribution in [0, 0.1) is 0 Å². The lowest BCUT2D eigenvalue weighted by Crippen LogP contribution is -2.32. The highest BCUT2D eigenvalue weighted by Gasteiger charge is 2.14. The summed E-state index contributed by atoms with van der Waals surface area (Å²) in [6.45, 7) is 0.859. The van der Waals surface area contributed by atoms with Crippen molar-refractivity contribution in [1.29, 1.82) is 0 Å². The fourth-order valence-corrected chi connectivity index (χ4v) is 2.08. The molecule has 0 aliphatic heterocycles. The Labute approximate surface area is 132 Å². The van der Waals surface area contributed by atoms with Crippen LogP contribution in [0.3, 0.4) is 0 Å². The van der Waals surface area contributed by atoms with Crippen LogP contribution < -0.4 is 5.73 Å². The first kappa shape index (κ1) is 15.7. The lowest BCUT2D eigenvalue weighted by molar-refractivity contribution is 0.0793. The number of nitrogens with zero attached hydrogens (tertiary/aromatic N) is 3. The number of carbonyl (C=O) groups is 1. The smallest absolute Gasteiger partial charge is 0.272 e. The first-order valence-electron chi connectivity index (χ1n) is 6.26. The molecule has 2 aromatic rings. The SMILES string of the molecule is CN(CCN)C(=O)c1cc(-c2ccc(Cl)c(Cl)c2)ncn1. The van der Waals surface area contributed by atoms with Crippen molar-refractivity contribution in [2.75, 3.05) is 20.1 Å². The van der Waals surface area contributed by atoms with Crippen molar-refractivity contribution in [2.45, 2.75) is 0 Å². The highest BCUT2D eigenvalue weighted by molar-refractivity contribution is 6.42. The molecule has 0 spiro atoms. The molecule has 21 heavy (non-hydrogen) atoms. The zero-order valence-corrected chi connectivity index (χ0v) is 12.9. The predicted molar refractivity (Wildman–Crippen MR) is 83.5 cm³/mol. The van der Waals surface area contributed by atoms with E-state index in [0.29, 0.717) is 34.5 Å². The monoisotopic (exact) mass is 324 g/mol. The average Bonchev–Trinajstić information content (AvgIpc) is 2.49. The molecule has 0 saturated carbocycles. The topological polar surface area (TPSA) is 72.1 Å². The largest absolute Gasteiger partial charge is 0.339 e. The summed E-state index contributed by atoms with van der Waals surface area (Å²) in [6.07, 6.45) is 1.35. The van der Waals surface area contributed by atoms with Crippen LogP contribution in [0.1, 0.15) is 10.5 Å². The molecule has 7 heteroatoms. The van der Waals surface area contributed by atoms with Crippen LogP contribution in [0.25, 0.3) is 11.3 Å². The van der Waals surface area contributed by atoms with Crippen molar-refractivity contribution >= 4 is 29.1 Å². The molecule has 0 fully saturated rings. The van der Waals surface area contributed by atoms with Gasteiger partial charge in [-0.05, 0) is 18.2 Å². The molecule has 0 atom stereocenters. The molecule has 0 aliphatic rings. The Balaban J connectivity index is 2.33. The van der Waals surface area contributed by atoms with Crippen molar-refractivity contribution in [3.05, 3.63) is 46.3 Å². The molecule has 0 radical (unpaired) electrons. The zero-order valence-electron chi connectivity index (χ0n) is 11.4. The van der Waals surface area contributed by atoms with Gasteiger partial charge in [0.1, 0.15) is 12.0 Å². The van der Waals surface area contributed by atoms with Gasteiger partial charge in [-0.3, -0.25) is 4.79 Å². The molecular weight excluding hydrogens is 311 g/mol. The molecule has 0 unspecified atom stereocenters. The minimum atomic E-state index is -0.204. The third-order valence-corrected chi connectivity index (χ3v) is 3.65. The second-order valence-corrected chi connectivity index (χ2v) is 5.25. The molecular formula is C14H14Cl2N4O. The number of aromatic nitrogens is 2. The summed E-state index contributed by atoms with van der Waals surface area (Å²) in [7, 11) is 1.68. The van der Waals surface area contributed by atoms with Crippen LogP contribution >= 0.6 is 23.2 Å².